The highest BCUT2D eigenvalue weighted by molar-refractivity contribution is 6.06. The van der Waals surface area contributed by atoms with Crippen molar-refractivity contribution in [2.45, 2.75) is 13.3 Å². The average molecular weight is 298 g/mol. The summed E-state index contributed by atoms with van der Waals surface area (Å²) in [5.74, 6) is -1.38. The van der Waals surface area contributed by atoms with Crippen LogP contribution in [0.1, 0.15) is 38.8 Å². The summed E-state index contributed by atoms with van der Waals surface area (Å²) in [5.41, 5.74) is 2.28. The third-order valence-corrected chi connectivity index (χ3v) is 3.35. The van der Waals surface area contributed by atoms with Crippen molar-refractivity contribution in [1.82, 2.24) is 0 Å². The maximum atomic E-state index is 12.4. The second-order valence-corrected chi connectivity index (χ2v) is 4.89. The largest absolute Gasteiger partial charge is 0.478 e. The smallest absolute Gasteiger partial charge is 0.336 e. The van der Waals surface area contributed by atoms with E-state index in [9.17, 15) is 9.59 Å². The summed E-state index contributed by atoms with van der Waals surface area (Å²) in [5, 5.41) is 20.1. The molecule has 0 aliphatic carbocycles. The van der Waals surface area contributed by atoms with Gasteiger partial charge in [0.05, 0.1) is 5.56 Å². The highest BCUT2D eigenvalue weighted by Gasteiger charge is 2.16. The van der Waals surface area contributed by atoms with Crippen LogP contribution in [-0.2, 0) is 6.42 Å². The van der Waals surface area contributed by atoms with Crippen molar-refractivity contribution >= 4 is 17.5 Å². The van der Waals surface area contributed by atoms with E-state index in [1.54, 1.807) is 43.3 Å². The third kappa shape index (κ3) is 3.38. The number of carboxylic acid groups (broad SMARTS) is 1. The highest BCUT2D eigenvalue weighted by atomic mass is 16.4. The number of ketones is 1. The third-order valence-electron chi connectivity index (χ3n) is 3.35. The Balaban J connectivity index is 2.28. The van der Waals surface area contributed by atoms with E-state index in [1.807, 2.05) is 0 Å². The monoisotopic (exact) mass is 298 g/mol. The molecule has 0 aromatic heterocycles. The van der Waals surface area contributed by atoms with Crippen LogP contribution in [0.3, 0.4) is 0 Å². The highest BCUT2D eigenvalue weighted by Crippen LogP contribution is 2.14. The molecule has 0 amide bonds. The van der Waals surface area contributed by atoms with E-state index in [2.05, 4.69) is 5.16 Å². The minimum absolute atomic E-state index is 0.00317. The van der Waals surface area contributed by atoms with Gasteiger partial charge in [-0.05, 0) is 28.9 Å². The van der Waals surface area contributed by atoms with E-state index in [4.69, 9.17) is 10.3 Å². The minimum atomic E-state index is -1.12. The minimum Gasteiger partial charge on any atom is -0.478 e. The molecule has 0 bridgehead atoms. The van der Waals surface area contributed by atoms with Crippen LogP contribution in [0.15, 0.2) is 48.5 Å². The predicted molar refractivity (Wildman–Crippen MR) is 80.4 cm³/mol. The predicted octanol–water partition coefficient (Wildman–Crippen LogP) is 1.09. The lowest BCUT2D eigenvalue weighted by Crippen LogP contribution is -2.68. The fourth-order valence-electron chi connectivity index (χ4n) is 2.17. The van der Waals surface area contributed by atoms with Gasteiger partial charge in [-0.15, -0.1) is 0 Å². The number of carboxylic acids is 1. The van der Waals surface area contributed by atoms with Gasteiger partial charge in [0.1, 0.15) is 0 Å². The molecule has 0 radical (unpaired) electrons. The Bertz CT molecular complexity index is 750. The summed E-state index contributed by atoms with van der Waals surface area (Å²) < 4.78 is 0. The van der Waals surface area contributed by atoms with E-state index < -0.39 is 5.97 Å². The Morgan fingerprint density at radius 2 is 1.73 bits per heavy atom. The molecular formula is C17H16NO4+. The molecule has 0 saturated carbocycles. The molecule has 0 fully saturated rings. The Hall–Kier alpha value is -2.95. The molecule has 112 valence electrons. The number of benzene rings is 2. The molecule has 2 aromatic rings. The summed E-state index contributed by atoms with van der Waals surface area (Å²) in [6.45, 7) is 1.71. The number of aromatic carboxylic acids is 1. The Morgan fingerprint density at radius 1 is 1.05 bits per heavy atom. The summed E-state index contributed by atoms with van der Waals surface area (Å²) in [6.07, 6.45) is 0.0941. The average Bonchev–Trinajstić information content (AvgIpc) is 2.54. The van der Waals surface area contributed by atoms with Crippen LogP contribution in [0, 0.1) is 0 Å². The van der Waals surface area contributed by atoms with Crippen LogP contribution >= 0.6 is 0 Å². The SMILES string of the molecule is CC(=[NH+]O)c1cccc(CC(=O)c2ccccc2C(=O)O)c1. The van der Waals surface area contributed by atoms with Gasteiger partial charge >= 0.3 is 5.97 Å². The molecule has 0 atom stereocenters. The molecule has 22 heavy (non-hydrogen) atoms. The van der Waals surface area contributed by atoms with Crippen LogP contribution in [0.25, 0.3) is 0 Å². The van der Waals surface area contributed by atoms with Crippen molar-refractivity contribution in [1.29, 1.82) is 0 Å². The molecule has 0 spiro atoms. The van der Waals surface area contributed by atoms with E-state index in [0.717, 1.165) is 11.1 Å². The number of carbonyl (C=O) groups is 2. The topological polar surface area (TPSA) is 88.6 Å². The maximum Gasteiger partial charge on any atom is 0.336 e. The van der Waals surface area contributed by atoms with E-state index >= 15 is 0 Å². The van der Waals surface area contributed by atoms with Gasteiger partial charge in [-0.1, -0.05) is 30.3 Å². The molecule has 2 rings (SSSR count). The molecule has 0 heterocycles. The lowest BCUT2D eigenvalue weighted by molar-refractivity contribution is -0.737. The molecule has 2 aromatic carbocycles. The normalized spacial score (nSPS) is 11.2. The van der Waals surface area contributed by atoms with E-state index in [0.29, 0.717) is 5.71 Å². The van der Waals surface area contributed by atoms with Crippen molar-refractivity contribution in [2.24, 2.45) is 0 Å². The number of hydrogen-bond donors (Lipinski definition) is 3. The molecular weight excluding hydrogens is 282 g/mol. The number of nitrogens with one attached hydrogen (secondary N) is 1. The first-order valence-corrected chi connectivity index (χ1v) is 6.71. The fourth-order valence-corrected chi connectivity index (χ4v) is 2.17. The van der Waals surface area contributed by atoms with Gasteiger partial charge in [0.25, 0.3) is 0 Å². The van der Waals surface area contributed by atoms with Crippen LogP contribution in [0.5, 0.6) is 0 Å². The van der Waals surface area contributed by atoms with Gasteiger partial charge in [-0.3, -0.25) is 10.0 Å². The van der Waals surface area contributed by atoms with Crippen LogP contribution in [-0.4, -0.2) is 27.8 Å². The van der Waals surface area contributed by atoms with E-state index in [1.165, 1.54) is 12.1 Å². The molecule has 3 N–H and O–H groups in total. The lowest BCUT2D eigenvalue weighted by Gasteiger charge is -2.06. The van der Waals surface area contributed by atoms with Crippen molar-refractivity contribution in [3.63, 3.8) is 0 Å². The van der Waals surface area contributed by atoms with Gasteiger partial charge in [0.15, 0.2) is 5.78 Å². The first-order chi connectivity index (χ1) is 10.5. The zero-order valence-electron chi connectivity index (χ0n) is 12.0. The van der Waals surface area contributed by atoms with Crippen molar-refractivity contribution < 1.29 is 25.1 Å². The molecule has 0 unspecified atom stereocenters. The van der Waals surface area contributed by atoms with Crippen LogP contribution in [0.2, 0.25) is 0 Å². The van der Waals surface area contributed by atoms with Gasteiger partial charge < -0.3 is 5.11 Å². The number of rotatable bonds is 5. The second-order valence-electron chi connectivity index (χ2n) is 4.89. The summed E-state index contributed by atoms with van der Waals surface area (Å²) >= 11 is 0. The van der Waals surface area contributed by atoms with E-state index in [-0.39, 0.29) is 23.3 Å². The first kappa shape index (κ1) is 15.4. The number of carbonyl (C=O) groups excluding carboxylic acids is 1. The molecule has 5 nitrogen and oxygen atoms in total. The molecule has 0 saturated heterocycles. The van der Waals surface area contributed by atoms with Crippen molar-refractivity contribution in [2.75, 3.05) is 0 Å². The molecule has 0 aliphatic heterocycles. The summed E-state index contributed by atoms with van der Waals surface area (Å²) in [4.78, 5) is 23.5. The number of Topliss-reactive ketones (excluding diaryl/α,β-unsaturated/α-hetero) is 1. The quantitative estimate of drug-likeness (QED) is 0.334. The zero-order chi connectivity index (χ0) is 16.1. The van der Waals surface area contributed by atoms with Gasteiger partial charge in [-0.2, -0.15) is 0 Å². The fraction of sp³-hybridized carbons (Fsp3) is 0.118. The second kappa shape index (κ2) is 6.67. The molecule has 0 aliphatic rings. The van der Waals surface area contributed by atoms with Crippen LogP contribution < -0.4 is 5.16 Å². The maximum absolute atomic E-state index is 12.4. The van der Waals surface area contributed by atoms with Crippen LogP contribution in [0.4, 0.5) is 0 Å². The first-order valence-electron chi connectivity index (χ1n) is 6.71. The zero-order valence-corrected chi connectivity index (χ0v) is 12.0. The van der Waals surface area contributed by atoms with Gasteiger partial charge in [-0.25, -0.2) is 4.79 Å². The Kier molecular flexibility index (Phi) is 4.68. The van der Waals surface area contributed by atoms with Crippen molar-refractivity contribution in [3.05, 3.63) is 70.8 Å². The Labute approximate surface area is 127 Å². The lowest BCUT2D eigenvalue weighted by atomic mass is 9.97. The van der Waals surface area contributed by atoms with Gasteiger partial charge in [0, 0.05) is 24.5 Å². The standard InChI is InChI=1S/C17H15NO4/c1-11(18-22)13-6-4-5-12(9-13)10-16(19)14-7-2-3-8-15(14)17(20)21/h2-9,22H,10H2,1H3,(H,20,21)/p+1. The van der Waals surface area contributed by atoms with Gasteiger partial charge in [0.2, 0.25) is 5.71 Å². The molecule has 5 heteroatoms. The number of hydrogen-bond acceptors (Lipinski definition) is 3. The summed E-state index contributed by atoms with van der Waals surface area (Å²) in [6, 6.07) is 13.3. The summed E-state index contributed by atoms with van der Waals surface area (Å²) in [7, 11) is 0. The Morgan fingerprint density at radius 3 is 2.36 bits per heavy atom. The van der Waals surface area contributed by atoms with Crippen molar-refractivity contribution in [3.8, 4) is 0 Å².